The van der Waals surface area contributed by atoms with Crippen molar-refractivity contribution >= 4 is 6.47 Å². The van der Waals surface area contributed by atoms with Crippen LogP contribution in [0.2, 0.25) is 0 Å². The summed E-state index contributed by atoms with van der Waals surface area (Å²) < 4.78 is 0. The predicted molar refractivity (Wildman–Crippen MR) is 67.5 cm³/mol. The lowest BCUT2D eigenvalue weighted by Crippen LogP contribution is -2.17. The lowest BCUT2D eigenvalue weighted by atomic mass is 10.0. The van der Waals surface area contributed by atoms with Crippen molar-refractivity contribution < 1.29 is 9.90 Å². The molecule has 16 heavy (non-hydrogen) atoms. The molecule has 1 aliphatic heterocycles. The van der Waals surface area contributed by atoms with Crippen LogP contribution in [0.5, 0.6) is 0 Å². The molecule has 0 aromatic heterocycles. The molecule has 3 nitrogen and oxygen atoms in total. The third kappa shape index (κ3) is 5.50. The van der Waals surface area contributed by atoms with Crippen molar-refractivity contribution in [3.63, 3.8) is 0 Å². The minimum Gasteiger partial charge on any atom is -0.483 e. The molecule has 2 aliphatic rings. The summed E-state index contributed by atoms with van der Waals surface area (Å²) in [7, 11) is 0. The van der Waals surface area contributed by atoms with Gasteiger partial charge in [-0.25, -0.2) is 0 Å². The first-order chi connectivity index (χ1) is 7.14. The molecule has 0 aromatic rings. The molecule has 2 unspecified atom stereocenters. The molecule has 2 N–H and O–H groups in total. The van der Waals surface area contributed by atoms with Crippen LogP contribution in [0, 0.1) is 22.7 Å². The second kappa shape index (κ2) is 5.67. The Morgan fingerprint density at radius 2 is 1.44 bits per heavy atom. The standard InChI is InChI=1S/C7H13N.C5H12.CH2O2/c1-7(2)5-3-8-4-6(5)7;1-5(2,3)4;2-1-3/h5-6,8H,3-4H2,1-2H3;1-4H3;1H,(H,2,3). The third-order valence-electron chi connectivity index (χ3n) is 3.02. The number of piperidine rings is 1. The van der Waals surface area contributed by atoms with Gasteiger partial charge in [0.15, 0.2) is 0 Å². The molecular formula is C13H27NO2. The molecule has 1 saturated heterocycles. The molecule has 0 aromatic carbocycles. The molecule has 0 radical (unpaired) electrons. The van der Waals surface area contributed by atoms with E-state index in [0.717, 1.165) is 11.8 Å². The monoisotopic (exact) mass is 229 g/mol. The van der Waals surface area contributed by atoms with E-state index in [0.29, 0.717) is 10.8 Å². The lowest BCUT2D eigenvalue weighted by Gasteiger charge is -2.06. The van der Waals surface area contributed by atoms with Crippen molar-refractivity contribution in [3.8, 4) is 0 Å². The zero-order valence-electron chi connectivity index (χ0n) is 11.5. The van der Waals surface area contributed by atoms with Gasteiger partial charge in [0.05, 0.1) is 0 Å². The van der Waals surface area contributed by atoms with Crippen LogP contribution in [0.25, 0.3) is 0 Å². The number of hydrogen-bond acceptors (Lipinski definition) is 2. The maximum Gasteiger partial charge on any atom is 0.290 e. The van der Waals surface area contributed by atoms with Gasteiger partial charge in [-0.05, 0) is 35.8 Å². The third-order valence-corrected chi connectivity index (χ3v) is 3.02. The van der Waals surface area contributed by atoms with E-state index < -0.39 is 0 Å². The number of rotatable bonds is 0. The van der Waals surface area contributed by atoms with E-state index in [-0.39, 0.29) is 6.47 Å². The number of nitrogens with one attached hydrogen (secondary N) is 1. The molecule has 2 atom stereocenters. The van der Waals surface area contributed by atoms with Crippen molar-refractivity contribution in [2.45, 2.75) is 41.5 Å². The smallest absolute Gasteiger partial charge is 0.290 e. The Morgan fingerprint density at radius 1 is 1.19 bits per heavy atom. The Bertz CT molecular complexity index is 200. The van der Waals surface area contributed by atoms with E-state index in [1.807, 2.05) is 0 Å². The van der Waals surface area contributed by atoms with Gasteiger partial charge >= 0.3 is 0 Å². The van der Waals surface area contributed by atoms with Crippen LogP contribution in [0.4, 0.5) is 0 Å². The Kier molecular flexibility index (Phi) is 5.47. The topological polar surface area (TPSA) is 49.3 Å². The number of carbonyl (C=O) groups is 1. The second-order valence-electron chi connectivity index (χ2n) is 6.80. The maximum atomic E-state index is 8.36. The minimum absolute atomic E-state index is 0.250. The summed E-state index contributed by atoms with van der Waals surface area (Å²) in [6, 6.07) is 0. The minimum atomic E-state index is -0.250. The summed E-state index contributed by atoms with van der Waals surface area (Å²) in [5.74, 6) is 2.03. The van der Waals surface area contributed by atoms with E-state index in [2.05, 4.69) is 46.9 Å². The summed E-state index contributed by atoms with van der Waals surface area (Å²) in [4.78, 5) is 8.36. The molecule has 0 spiro atoms. The molecule has 2 rings (SSSR count). The summed E-state index contributed by atoms with van der Waals surface area (Å²) in [5, 5.41) is 10.3. The van der Waals surface area contributed by atoms with E-state index in [9.17, 15) is 0 Å². The molecule has 2 fully saturated rings. The van der Waals surface area contributed by atoms with Gasteiger partial charge in [-0.3, -0.25) is 4.79 Å². The van der Waals surface area contributed by atoms with Crippen LogP contribution >= 0.6 is 0 Å². The average molecular weight is 229 g/mol. The summed E-state index contributed by atoms with van der Waals surface area (Å²) in [6.45, 7) is 15.8. The molecule has 0 bridgehead atoms. The van der Waals surface area contributed by atoms with Gasteiger partial charge in [-0.1, -0.05) is 41.5 Å². The molecule has 96 valence electrons. The highest BCUT2D eigenvalue weighted by molar-refractivity contribution is 5.32. The van der Waals surface area contributed by atoms with Gasteiger partial charge in [0.1, 0.15) is 0 Å². The summed E-state index contributed by atoms with van der Waals surface area (Å²) in [6.07, 6.45) is 0. The van der Waals surface area contributed by atoms with Crippen LogP contribution in [-0.2, 0) is 4.79 Å². The maximum absolute atomic E-state index is 8.36. The van der Waals surface area contributed by atoms with Gasteiger partial charge in [0.25, 0.3) is 6.47 Å². The number of hydrogen-bond donors (Lipinski definition) is 2. The van der Waals surface area contributed by atoms with Crippen molar-refractivity contribution in [2.75, 3.05) is 13.1 Å². The van der Waals surface area contributed by atoms with Crippen molar-refractivity contribution in [1.29, 1.82) is 0 Å². The van der Waals surface area contributed by atoms with Gasteiger partial charge in [-0.2, -0.15) is 0 Å². The van der Waals surface area contributed by atoms with Crippen LogP contribution in [0.3, 0.4) is 0 Å². The fourth-order valence-electron chi connectivity index (χ4n) is 2.06. The van der Waals surface area contributed by atoms with E-state index in [4.69, 9.17) is 9.90 Å². The van der Waals surface area contributed by atoms with E-state index >= 15 is 0 Å². The van der Waals surface area contributed by atoms with Crippen molar-refractivity contribution in [2.24, 2.45) is 22.7 Å². The first-order valence-electron chi connectivity index (χ1n) is 5.93. The van der Waals surface area contributed by atoms with Crippen molar-refractivity contribution in [1.82, 2.24) is 5.32 Å². The van der Waals surface area contributed by atoms with Crippen LogP contribution in [0.15, 0.2) is 0 Å². The highest BCUT2D eigenvalue weighted by Crippen LogP contribution is 2.59. The molecule has 1 saturated carbocycles. The summed E-state index contributed by atoms with van der Waals surface area (Å²) in [5.41, 5.74) is 1.20. The number of carboxylic acid groups (broad SMARTS) is 1. The van der Waals surface area contributed by atoms with Gasteiger partial charge in [-0.15, -0.1) is 0 Å². The van der Waals surface area contributed by atoms with E-state index in [1.54, 1.807) is 0 Å². The Hall–Kier alpha value is -0.570. The molecule has 3 heteroatoms. The largest absolute Gasteiger partial charge is 0.483 e. The van der Waals surface area contributed by atoms with Crippen LogP contribution in [0.1, 0.15) is 41.5 Å². The first-order valence-corrected chi connectivity index (χ1v) is 5.93. The molecule has 0 amide bonds. The highest BCUT2D eigenvalue weighted by atomic mass is 16.3. The van der Waals surface area contributed by atoms with Crippen LogP contribution < -0.4 is 5.32 Å². The fraction of sp³-hybridized carbons (Fsp3) is 0.923. The normalized spacial score (nSPS) is 28.9. The zero-order valence-corrected chi connectivity index (χ0v) is 11.5. The Morgan fingerprint density at radius 3 is 1.56 bits per heavy atom. The second-order valence-corrected chi connectivity index (χ2v) is 6.80. The van der Waals surface area contributed by atoms with Crippen molar-refractivity contribution in [3.05, 3.63) is 0 Å². The number of fused-ring (bicyclic) bond motifs is 1. The predicted octanol–water partition coefficient (Wildman–Crippen LogP) is 2.62. The Labute approximate surface area is 99.6 Å². The highest BCUT2D eigenvalue weighted by Gasteiger charge is 2.59. The lowest BCUT2D eigenvalue weighted by molar-refractivity contribution is -0.122. The van der Waals surface area contributed by atoms with Gasteiger partial charge < -0.3 is 10.4 Å². The Balaban J connectivity index is 0.000000246. The van der Waals surface area contributed by atoms with E-state index in [1.165, 1.54) is 13.1 Å². The average Bonchev–Trinajstić information content (AvgIpc) is 2.48. The zero-order chi connectivity index (χ0) is 13.0. The molecule has 1 aliphatic carbocycles. The van der Waals surface area contributed by atoms with Gasteiger partial charge in [0, 0.05) is 0 Å². The fourth-order valence-corrected chi connectivity index (χ4v) is 2.06. The summed E-state index contributed by atoms with van der Waals surface area (Å²) >= 11 is 0. The van der Waals surface area contributed by atoms with Gasteiger partial charge in [0.2, 0.25) is 0 Å². The molecule has 1 heterocycles. The first kappa shape index (κ1) is 15.4. The van der Waals surface area contributed by atoms with Crippen LogP contribution in [-0.4, -0.2) is 24.7 Å². The molecular weight excluding hydrogens is 202 g/mol. The quantitative estimate of drug-likeness (QED) is 0.628. The SMILES string of the molecule is CC(C)(C)C.CC1(C)C2CNCC21.O=CO.